The lowest BCUT2D eigenvalue weighted by molar-refractivity contribution is -0.129. The Hall–Kier alpha value is -0.700. The van der Waals surface area contributed by atoms with Crippen LogP contribution in [0.15, 0.2) is 0 Å². The molecule has 0 fully saturated rings. The van der Waals surface area contributed by atoms with Crippen LogP contribution in [-0.4, -0.2) is 23.3 Å². The molecule has 0 aromatic heterocycles. The summed E-state index contributed by atoms with van der Waals surface area (Å²) in [4.78, 5) is 21.7. The maximum Gasteiger partial charge on any atom is 0.165 e. The van der Waals surface area contributed by atoms with Crippen LogP contribution >= 0.6 is 0 Å². The minimum atomic E-state index is -0.532. The van der Waals surface area contributed by atoms with E-state index >= 15 is 0 Å². The van der Waals surface area contributed by atoms with Crippen LogP contribution in [0.2, 0.25) is 0 Å². The van der Waals surface area contributed by atoms with Gasteiger partial charge in [-0.25, -0.2) is 0 Å². The van der Waals surface area contributed by atoms with E-state index in [4.69, 9.17) is 5.11 Å². The minimum absolute atomic E-state index is 0.0766. The van der Waals surface area contributed by atoms with Gasteiger partial charge in [-0.05, 0) is 5.41 Å². The molecule has 0 heterocycles. The fourth-order valence-electron chi connectivity index (χ4n) is 0.930. The molecule has 70 valence electrons. The molecular weight excluding hydrogens is 156 g/mol. The Balaban J connectivity index is 3.83. The topological polar surface area (TPSA) is 54.4 Å². The van der Waals surface area contributed by atoms with E-state index < -0.39 is 12.4 Å². The second-order valence-corrected chi connectivity index (χ2v) is 4.15. The summed E-state index contributed by atoms with van der Waals surface area (Å²) in [5.41, 5.74) is -0.0766. The Bertz CT molecular complexity index is 177. The molecule has 3 heteroatoms. The zero-order valence-corrected chi connectivity index (χ0v) is 7.89. The fourth-order valence-corrected chi connectivity index (χ4v) is 0.930. The zero-order valence-electron chi connectivity index (χ0n) is 7.89. The van der Waals surface area contributed by atoms with Gasteiger partial charge in [0.25, 0.3) is 0 Å². The Morgan fingerprint density at radius 3 is 2.00 bits per heavy atom. The molecule has 0 atom stereocenters. The molecule has 0 amide bonds. The van der Waals surface area contributed by atoms with Gasteiger partial charge in [0, 0.05) is 6.42 Å². The average Bonchev–Trinajstić information content (AvgIpc) is 1.82. The van der Waals surface area contributed by atoms with Crippen LogP contribution in [-0.2, 0) is 9.59 Å². The van der Waals surface area contributed by atoms with Crippen molar-refractivity contribution < 1.29 is 14.7 Å². The normalized spacial score (nSPS) is 11.3. The van der Waals surface area contributed by atoms with E-state index in [9.17, 15) is 9.59 Å². The molecular formula is C9H16O3. The monoisotopic (exact) mass is 172 g/mol. The number of carbonyl (C=O) groups excluding carboxylic acids is 2. The molecule has 0 aromatic carbocycles. The number of hydrogen-bond acceptors (Lipinski definition) is 3. The Morgan fingerprint density at radius 2 is 1.67 bits per heavy atom. The number of ketones is 2. The van der Waals surface area contributed by atoms with Crippen LogP contribution < -0.4 is 0 Å². The van der Waals surface area contributed by atoms with Gasteiger partial charge >= 0.3 is 0 Å². The third-order valence-electron chi connectivity index (χ3n) is 1.30. The highest BCUT2D eigenvalue weighted by molar-refractivity contribution is 5.99. The van der Waals surface area contributed by atoms with Gasteiger partial charge in [-0.1, -0.05) is 20.8 Å². The summed E-state index contributed by atoms with van der Waals surface area (Å²) in [6.45, 7) is 5.28. The second kappa shape index (κ2) is 4.36. The molecule has 0 spiro atoms. The van der Waals surface area contributed by atoms with Crippen LogP contribution in [0.1, 0.15) is 33.6 Å². The molecule has 0 bridgehead atoms. The van der Waals surface area contributed by atoms with Crippen LogP contribution in [0.5, 0.6) is 0 Å². The van der Waals surface area contributed by atoms with E-state index in [-0.39, 0.29) is 17.6 Å². The Kier molecular flexibility index (Phi) is 4.10. The molecule has 0 saturated carbocycles. The van der Waals surface area contributed by atoms with E-state index in [1.807, 2.05) is 20.8 Å². The van der Waals surface area contributed by atoms with Gasteiger partial charge in [0.1, 0.15) is 12.4 Å². The van der Waals surface area contributed by atoms with E-state index in [1.165, 1.54) is 0 Å². The van der Waals surface area contributed by atoms with Gasteiger partial charge in [-0.3, -0.25) is 9.59 Å². The summed E-state index contributed by atoms with van der Waals surface area (Å²) in [7, 11) is 0. The quantitative estimate of drug-likeness (QED) is 0.642. The fraction of sp³-hybridized carbons (Fsp3) is 0.778. The van der Waals surface area contributed by atoms with Crippen molar-refractivity contribution in [1.82, 2.24) is 0 Å². The summed E-state index contributed by atoms with van der Waals surface area (Å²) in [5.74, 6) is -0.495. The lowest BCUT2D eigenvalue weighted by Crippen LogP contribution is -2.17. The molecule has 0 rings (SSSR count). The van der Waals surface area contributed by atoms with Crippen LogP contribution in [0.3, 0.4) is 0 Å². The number of rotatable bonds is 4. The zero-order chi connectivity index (χ0) is 9.78. The van der Waals surface area contributed by atoms with Gasteiger partial charge in [-0.15, -0.1) is 0 Å². The molecule has 0 unspecified atom stereocenters. The molecule has 12 heavy (non-hydrogen) atoms. The van der Waals surface area contributed by atoms with E-state index in [0.717, 1.165) is 0 Å². The maximum absolute atomic E-state index is 11.1. The van der Waals surface area contributed by atoms with E-state index in [1.54, 1.807) is 0 Å². The van der Waals surface area contributed by atoms with Gasteiger partial charge in [-0.2, -0.15) is 0 Å². The van der Waals surface area contributed by atoms with E-state index in [0.29, 0.717) is 6.42 Å². The number of Topliss-reactive ketones (excluding diaryl/α,β-unsaturated/α-hetero) is 2. The summed E-state index contributed by atoms with van der Waals surface area (Å²) >= 11 is 0. The van der Waals surface area contributed by atoms with Crippen LogP contribution in [0.4, 0.5) is 0 Å². The molecule has 0 radical (unpaired) electrons. The van der Waals surface area contributed by atoms with Crippen molar-refractivity contribution in [2.75, 3.05) is 6.61 Å². The van der Waals surface area contributed by atoms with Crippen molar-refractivity contribution in [3.63, 3.8) is 0 Å². The number of aliphatic hydroxyl groups excluding tert-OH is 1. The lowest BCUT2D eigenvalue weighted by Gasteiger charge is -2.15. The highest BCUT2D eigenvalue weighted by atomic mass is 16.3. The number of aliphatic hydroxyl groups is 1. The summed E-state index contributed by atoms with van der Waals surface area (Å²) < 4.78 is 0. The van der Waals surface area contributed by atoms with E-state index in [2.05, 4.69) is 0 Å². The smallest absolute Gasteiger partial charge is 0.165 e. The first-order valence-corrected chi connectivity index (χ1v) is 3.99. The van der Waals surface area contributed by atoms with Gasteiger partial charge < -0.3 is 5.11 Å². The largest absolute Gasteiger partial charge is 0.389 e. The summed E-state index contributed by atoms with van der Waals surface area (Å²) in [6, 6.07) is 0. The number of hydrogen-bond donors (Lipinski definition) is 1. The SMILES string of the molecule is CC(C)(C)CC(=O)CC(=O)CO. The highest BCUT2D eigenvalue weighted by Gasteiger charge is 2.17. The van der Waals surface area contributed by atoms with Crippen molar-refractivity contribution in [1.29, 1.82) is 0 Å². The first-order chi connectivity index (χ1) is 5.35. The molecule has 1 N–H and O–H groups in total. The molecule has 0 aliphatic heterocycles. The van der Waals surface area contributed by atoms with Gasteiger partial charge in [0.15, 0.2) is 5.78 Å². The van der Waals surface area contributed by atoms with Crippen molar-refractivity contribution in [2.45, 2.75) is 33.6 Å². The first-order valence-electron chi connectivity index (χ1n) is 3.99. The first kappa shape index (κ1) is 11.3. The summed E-state index contributed by atoms with van der Waals surface area (Å²) in [5, 5.41) is 8.38. The Labute approximate surface area is 72.8 Å². The van der Waals surface area contributed by atoms with Crippen LogP contribution in [0, 0.1) is 5.41 Å². The molecule has 0 saturated heterocycles. The predicted octanol–water partition coefficient (Wildman–Crippen LogP) is 0.943. The molecule has 3 nitrogen and oxygen atoms in total. The van der Waals surface area contributed by atoms with Crippen molar-refractivity contribution in [2.24, 2.45) is 5.41 Å². The third-order valence-corrected chi connectivity index (χ3v) is 1.30. The lowest BCUT2D eigenvalue weighted by atomic mass is 9.89. The molecule has 0 aliphatic rings. The van der Waals surface area contributed by atoms with Gasteiger partial charge in [0.2, 0.25) is 0 Å². The molecule has 0 aromatic rings. The number of carbonyl (C=O) groups is 2. The average molecular weight is 172 g/mol. The second-order valence-electron chi connectivity index (χ2n) is 4.15. The minimum Gasteiger partial charge on any atom is -0.389 e. The third kappa shape index (κ3) is 6.04. The molecule has 0 aliphatic carbocycles. The standard InChI is InChI=1S/C9H16O3/c1-9(2,3)5-7(11)4-8(12)6-10/h10H,4-6H2,1-3H3. The van der Waals surface area contributed by atoms with Crippen molar-refractivity contribution in [3.05, 3.63) is 0 Å². The highest BCUT2D eigenvalue weighted by Crippen LogP contribution is 2.19. The Morgan fingerprint density at radius 1 is 1.17 bits per heavy atom. The van der Waals surface area contributed by atoms with Crippen LogP contribution in [0.25, 0.3) is 0 Å². The maximum atomic E-state index is 11.1. The summed E-state index contributed by atoms with van der Waals surface area (Å²) in [6.07, 6.45) is 0.256. The van der Waals surface area contributed by atoms with Gasteiger partial charge in [0.05, 0.1) is 6.42 Å². The van der Waals surface area contributed by atoms with Crippen molar-refractivity contribution >= 4 is 11.6 Å². The van der Waals surface area contributed by atoms with Crippen molar-refractivity contribution in [3.8, 4) is 0 Å². The predicted molar refractivity (Wildman–Crippen MR) is 45.8 cm³/mol.